The van der Waals surface area contributed by atoms with Crippen molar-refractivity contribution < 1.29 is 0 Å². The quantitative estimate of drug-likeness (QED) is 0.682. The van der Waals surface area contributed by atoms with Crippen molar-refractivity contribution in [3.63, 3.8) is 0 Å². The Bertz CT molecular complexity index is 484. The summed E-state index contributed by atoms with van der Waals surface area (Å²) in [6.07, 6.45) is 1.23. The van der Waals surface area contributed by atoms with Crippen molar-refractivity contribution in [3.8, 4) is 0 Å². The summed E-state index contributed by atoms with van der Waals surface area (Å²) in [4.78, 5) is 8.96. The van der Waals surface area contributed by atoms with Gasteiger partial charge in [0.2, 0.25) is 0 Å². The van der Waals surface area contributed by atoms with Crippen LogP contribution in [0.4, 0.5) is 5.69 Å². The van der Waals surface area contributed by atoms with E-state index < -0.39 is 0 Å². The molecule has 0 amide bonds. The van der Waals surface area contributed by atoms with Crippen LogP contribution in [0.25, 0.3) is 0 Å². The summed E-state index contributed by atoms with van der Waals surface area (Å²) < 4.78 is 0. The van der Waals surface area contributed by atoms with Crippen LogP contribution in [0.3, 0.4) is 0 Å². The van der Waals surface area contributed by atoms with Crippen molar-refractivity contribution in [1.82, 2.24) is 10.2 Å². The third-order valence-electron chi connectivity index (χ3n) is 4.01. The summed E-state index contributed by atoms with van der Waals surface area (Å²) in [6.45, 7) is 5.27. The highest BCUT2D eigenvalue weighted by Gasteiger charge is 2.21. The number of anilines is 1. The van der Waals surface area contributed by atoms with Crippen molar-refractivity contribution in [2.24, 2.45) is 4.99 Å². The van der Waals surface area contributed by atoms with E-state index in [4.69, 9.17) is 0 Å². The Kier molecular flexibility index (Phi) is 6.43. The smallest absolute Gasteiger partial charge is 0.193 e. The van der Waals surface area contributed by atoms with E-state index in [9.17, 15) is 0 Å². The number of nitrogens with one attached hydrogen (secondary N) is 1. The van der Waals surface area contributed by atoms with Crippen LogP contribution >= 0.6 is 11.8 Å². The number of benzene rings is 1. The Balaban J connectivity index is 1.90. The van der Waals surface area contributed by atoms with Crippen LogP contribution < -0.4 is 10.2 Å². The molecule has 0 saturated carbocycles. The highest BCUT2D eigenvalue weighted by molar-refractivity contribution is 8.00. The second-order valence-corrected chi connectivity index (χ2v) is 7.22. The van der Waals surface area contributed by atoms with Gasteiger partial charge in [0.05, 0.1) is 0 Å². The molecule has 1 aliphatic rings. The molecule has 1 aromatic rings. The van der Waals surface area contributed by atoms with E-state index in [-0.39, 0.29) is 0 Å². The minimum atomic E-state index is 0.728. The average Bonchev–Trinajstić information content (AvgIpc) is 2.56. The molecule has 1 atom stereocenters. The van der Waals surface area contributed by atoms with Crippen molar-refractivity contribution >= 4 is 23.4 Å². The summed E-state index contributed by atoms with van der Waals surface area (Å²) >= 11 is 2.08. The van der Waals surface area contributed by atoms with Crippen molar-refractivity contribution in [2.45, 2.75) is 25.1 Å². The van der Waals surface area contributed by atoms with Crippen LogP contribution in [0.5, 0.6) is 0 Å². The lowest BCUT2D eigenvalue weighted by atomic mass is 10.2. The third kappa shape index (κ3) is 4.57. The monoisotopic (exact) mass is 320 g/mol. The number of hydrogen-bond donors (Lipinski definition) is 1. The van der Waals surface area contributed by atoms with Gasteiger partial charge in [-0.2, -0.15) is 11.8 Å². The first kappa shape index (κ1) is 17.0. The van der Waals surface area contributed by atoms with Crippen LogP contribution in [0.2, 0.25) is 0 Å². The minimum absolute atomic E-state index is 0.728. The fourth-order valence-corrected chi connectivity index (χ4v) is 3.76. The predicted octanol–water partition coefficient (Wildman–Crippen LogP) is 2.66. The van der Waals surface area contributed by atoms with E-state index in [1.165, 1.54) is 23.4 Å². The Labute approximate surface area is 139 Å². The fourth-order valence-electron chi connectivity index (χ4n) is 2.58. The highest BCUT2D eigenvalue weighted by Crippen LogP contribution is 2.21. The molecule has 1 fully saturated rings. The molecule has 0 spiro atoms. The van der Waals surface area contributed by atoms with E-state index in [0.29, 0.717) is 0 Å². The largest absolute Gasteiger partial charge is 0.378 e. The predicted molar refractivity (Wildman–Crippen MR) is 99.1 cm³/mol. The average molecular weight is 321 g/mol. The third-order valence-corrected chi connectivity index (χ3v) is 5.38. The van der Waals surface area contributed by atoms with Crippen LogP contribution in [-0.2, 0) is 6.54 Å². The van der Waals surface area contributed by atoms with Gasteiger partial charge in [-0.05, 0) is 24.1 Å². The standard InChI is InChI=1S/C17H28N4S/c1-5-16-13-21(10-11-22-16)17(18-2)19-12-14-6-8-15(9-7-14)20(3)4/h6-9,16H,5,10-13H2,1-4H3,(H,18,19). The topological polar surface area (TPSA) is 30.9 Å². The van der Waals surface area contributed by atoms with E-state index in [0.717, 1.165) is 30.8 Å². The molecule has 4 nitrogen and oxygen atoms in total. The molecule has 0 aromatic heterocycles. The van der Waals surface area contributed by atoms with Gasteiger partial charge >= 0.3 is 0 Å². The number of guanidine groups is 1. The molecule has 1 aromatic carbocycles. The van der Waals surface area contributed by atoms with E-state index >= 15 is 0 Å². The molecule has 1 N–H and O–H groups in total. The van der Waals surface area contributed by atoms with Crippen LogP contribution in [0, 0.1) is 0 Å². The molecule has 22 heavy (non-hydrogen) atoms. The SMILES string of the molecule is CCC1CN(C(=NC)NCc2ccc(N(C)C)cc2)CCS1. The van der Waals surface area contributed by atoms with Gasteiger partial charge in [0.25, 0.3) is 0 Å². The lowest BCUT2D eigenvalue weighted by molar-refractivity contribution is 0.408. The summed E-state index contributed by atoms with van der Waals surface area (Å²) in [6, 6.07) is 8.67. The first-order chi connectivity index (χ1) is 10.6. The first-order valence-corrected chi connectivity index (χ1v) is 9.02. The molecule has 0 radical (unpaired) electrons. The molecular formula is C17H28N4S. The lowest BCUT2D eigenvalue weighted by Crippen LogP contribution is -2.47. The van der Waals surface area contributed by atoms with Crippen LogP contribution in [-0.4, -0.2) is 56.1 Å². The normalized spacial score (nSPS) is 19.2. The Morgan fingerprint density at radius 3 is 2.68 bits per heavy atom. The summed E-state index contributed by atoms with van der Waals surface area (Å²) in [5, 5.41) is 4.23. The molecule has 5 heteroatoms. The van der Waals surface area contributed by atoms with Crippen molar-refractivity contribution in [2.75, 3.05) is 44.9 Å². The van der Waals surface area contributed by atoms with Gasteiger partial charge in [0.1, 0.15) is 0 Å². The summed E-state index contributed by atoms with van der Waals surface area (Å²) in [7, 11) is 6.00. The Hall–Kier alpha value is -1.36. The Morgan fingerprint density at radius 2 is 2.09 bits per heavy atom. The van der Waals surface area contributed by atoms with Crippen molar-refractivity contribution in [3.05, 3.63) is 29.8 Å². The fraction of sp³-hybridized carbons (Fsp3) is 0.588. The van der Waals surface area contributed by atoms with Crippen LogP contribution in [0.15, 0.2) is 29.3 Å². The number of aliphatic imine (C=N–C) groups is 1. The maximum absolute atomic E-state index is 4.46. The van der Waals surface area contributed by atoms with Crippen molar-refractivity contribution in [1.29, 1.82) is 0 Å². The molecule has 0 aliphatic carbocycles. The summed E-state index contributed by atoms with van der Waals surface area (Å²) in [5.74, 6) is 2.21. The molecule has 2 rings (SSSR count). The second kappa shape index (κ2) is 8.32. The minimum Gasteiger partial charge on any atom is -0.378 e. The molecule has 1 heterocycles. The van der Waals surface area contributed by atoms with Gasteiger partial charge in [0, 0.05) is 57.5 Å². The molecule has 1 saturated heterocycles. The first-order valence-electron chi connectivity index (χ1n) is 7.97. The van der Waals surface area contributed by atoms with E-state index in [1.807, 2.05) is 7.05 Å². The zero-order valence-electron chi connectivity index (χ0n) is 14.2. The van der Waals surface area contributed by atoms with Gasteiger partial charge < -0.3 is 15.1 Å². The maximum atomic E-state index is 4.46. The summed E-state index contributed by atoms with van der Waals surface area (Å²) in [5.41, 5.74) is 2.51. The molecule has 122 valence electrons. The molecule has 0 bridgehead atoms. The highest BCUT2D eigenvalue weighted by atomic mass is 32.2. The molecule has 1 unspecified atom stereocenters. The molecular weight excluding hydrogens is 292 g/mol. The van der Waals surface area contributed by atoms with E-state index in [2.05, 4.69) is 77.2 Å². The van der Waals surface area contributed by atoms with Gasteiger partial charge in [-0.1, -0.05) is 19.1 Å². The lowest BCUT2D eigenvalue weighted by Gasteiger charge is -2.34. The zero-order valence-corrected chi connectivity index (χ0v) is 15.0. The molecule has 1 aliphatic heterocycles. The Morgan fingerprint density at radius 1 is 1.36 bits per heavy atom. The number of nitrogens with zero attached hydrogens (tertiary/aromatic N) is 3. The number of thioether (sulfide) groups is 1. The maximum Gasteiger partial charge on any atom is 0.193 e. The van der Waals surface area contributed by atoms with Gasteiger partial charge in [-0.3, -0.25) is 4.99 Å². The number of rotatable bonds is 4. The van der Waals surface area contributed by atoms with Crippen LogP contribution in [0.1, 0.15) is 18.9 Å². The van der Waals surface area contributed by atoms with Gasteiger partial charge in [-0.15, -0.1) is 0 Å². The second-order valence-electron chi connectivity index (χ2n) is 5.81. The van der Waals surface area contributed by atoms with Gasteiger partial charge in [0.15, 0.2) is 5.96 Å². The zero-order chi connectivity index (χ0) is 15.9. The van der Waals surface area contributed by atoms with E-state index in [1.54, 1.807) is 0 Å². The van der Waals surface area contributed by atoms with Gasteiger partial charge in [-0.25, -0.2) is 0 Å². The number of hydrogen-bond acceptors (Lipinski definition) is 3.